The Labute approximate surface area is 207 Å². The van der Waals surface area contributed by atoms with Crippen molar-refractivity contribution >= 4 is 17.5 Å². The molecular formula is C23H41ClN8O2. The maximum Gasteiger partial charge on any atom is 0.229 e. The van der Waals surface area contributed by atoms with E-state index in [1.165, 1.54) is 32.4 Å². The van der Waals surface area contributed by atoms with Gasteiger partial charge < -0.3 is 21.1 Å². The van der Waals surface area contributed by atoms with Crippen molar-refractivity contribution in [1.82, 2.24) is 36.2 Å². The van der Waals surface area contributed by atoms with Crippen molar-refractivity contribution < 1.29 is 9.53 Å². The minimum atomic E-state index is -0.407. The summed E-state index contributed by atoms with van der Waals surface area (Å²) in [6.07, 6.45) is 4.29. The SMILES string of the molecule is NC1NN2CC(Cl)CNC2C1C(=O)NC1CNCCC1N1CCC(N2CCC3(COC3)C2)CC1. The number of likely N-dealkylation sites (tertiary alicyclic amines) is 2. The fourth-order valence-electron chi connectivity index (χ4n) is 7.18. The van der Waals surface area contributed by atoms with Crippen LogP contribution in [0.3, 0.4) is 0 Å². The van der Waals surface area contributed by atoms with Crippen LogP contribution >= 0.6 is 11.6 Å². The van der Waals surface area contributed by atoms with E-state index in [0.717, 1.165) is 45.8 Å². The number of carbonyl (C=O) groups is 1. The molecule has 6 N–H and O–H groups in total. The summed E-state index contributed by atoms with van der Waals surface area (Å²) in [5.41, 5.74) is 10.0. The zero-order valence-corrected chi connectivity index (χ0v) is 20.8. The Balaban J connectivity index is 1.04. The Kier molecular flexibility index (Phi) is 6.81. The number of hydrogen-bond donors (Lipinski definition) is 5. The highest BCUT2D eigenvalue weighted by Gasteiger charge is 2.48. The van der Waals surface area contributed by atoms with E-state index in [9.17, 15) is 4.79 Å². The van der Waals surface area contributed by atoms with Gasteiger partial charge in [-0.15, -0.1) is 11.6 Å². The summed E-state index contributed by atoms with van der Waals surface area (Å²) >= 11 is 6.29. The second kappa shape index (κ2) is 9.72. The number of nitrogens with zero attached hydrogens (tertiary/aromatic N) is 3. The lowest BCUT2D eigenvalue weighted by molar-refractivity contribution is -0.128. The second-order valence-electron chi connectivity index (χ2n) is 11.4. The number of piperidine rings is 2. The number of nitrogens with one attached hydrogen (secondary N) is 4. The summed E-state index contributed by atoms with van der Waals surface area (Å²) in [6, 6.07) is 1.18. The van der Waals surface area contributed by atoms with Gasteiger partial charge in [-0.05, 0) is 38.8 Å². The number of carbonyl (C=O) groups excluding carboxylic acids is 1. The van der Waals surface area contributed by atoms with Gasteiger partial charge in [-0.1, -0.05) is 0 Å². The third-order valence-corrected chi connectivity index (χ3v) is 9.46. The van der Waals surface area contributed by atoms with Crippen LogP contribution in [-0.4, -0.2) is 122 Å². The van der Waals surface area contributed by atoms with Crippen molar-refractivity contribution in [3.63, 3.8) is 0 Å². The van der Waals surface area contributed by atoms with E-state index in [1.807, 2.05) is 5.01 Å². The maximum atomic E-state index is 13.4. The van der Waals surface area contributed by atoms with Gasteiger partial charge in [0.25, 0.3) is 0 Å². The van der Waals surface area contributed by atoms with Gasteiger partial charge in [0.1, 0.15) is 0 Å². The first kappa shape index (κ1) is 23.8. The molecule has 6 fully saturated rings. The summed E-state index contributed by atoms with van der Waals surface area (Å²) in [7, 11) is 0. The number of nitrogens with two attached hydrogens (primary N) is 1. The zero-order chi connectivity index (χ0) is 23.3. The fraction of sp³-hybridized carbons (Fsp3) is 0.957. The molecule has 0 aromatic heterocycles. The quantitative estimate of drug-likeness (QED) is 0.290. The minimum Gasteiger partial charge on any atom is -0.380 e. The average molecular weight is 497 g/mol. The topological polar surface area (TPSA) is 110 Å². The molecule has 10 nitrogen and oxygen atoms in total. The second-order valence-corrected chi connectivity index (χ2v) is 12.1. The van der Waals surface area contributed by atoms with Crippen molar-refractivity contribution in [2.75, 3.05) is 65.6 Å². The third-order valence-electron chi connectivity index (χ3n) is 9.17. The molecule has 0 aromatic rings. The highest BCUT2D eigenvalue weighted by atomic mass is 35.5. The van der Waals surface area contributed by atoms with Crippen LogP contribution in [0, 0.1) is 11.3 Å². The Hall–Kier alpha value is -0.560. The van der Waals surface area contributed by atoms with Crippen LogP contribution in [0.2, 0.25) is 0 Å². The molecule has 1 spiro atoms. The molecule has 6 heterocycles. The molecule has 0 radical (unpaired) electrons. The van der Waals surface area contributed by atoms with Crippen molar-refractivity contribution in [2.24, 2.45) is 17.1 Å². The highest BCUT2D eigenvalue weighted by Crippen LogP contribution is 2.39. The predicted octanol–water partition coefficient (Wildman–Crippen LogP) is -1.72. The average Bonchev–Trinajstić information content (AvgIpc) is 3.41. The number of hydrogen-bond acceptors (Lipinski definition) is 9. The van der Waals surface area contributed by atoms with Gasteiger partial charge in [0, 0.05) is 56.8 Å². The van der Waals surface area contributed by atoms with Crippen molar-refractivity contribution in [2.45, 2.75) is 61.5 Å². The minimum absolute atomic E-state index is 0.0146. The van der Waals surface area contributed by atoms with Crippen LogP contribution in [0.15, 0.2) is 0 Å². The molecule has 0 aromatic carbocycles. The van der Waals surface area contributed by atoms with E-state index in [0.29, 0.717) is 30.6 Å². The van der Waals surface area contributed by atoms with Crippen LogP contribution in [-0.2, 0) is 9.53 Å². The molecule has 6 aliphatic heterocycles. The predicted molar refractivity (Wildman–Crippen MR) is 130 cm³/mol. The summed E-state index contributed by atoms with van der Waals surface area (Å²) in [5, 5.41) is 12.3. The van der Waals surface area contributed by atoms with Gasteiger partial charge in [0.15, 0.2) is 0 Å². The number of alkyl halides is 1. The van der Waals surface area contributed by atoms with E-state index in [-0.39, 0.29) is 29.4 Å². The first-order valence-electron chi connectivity index (χ1n) is 13.2. The molecular weight excluding hydrogens is 456 g/mol. The van der Waals surface area contributed by atoms with Crippen LogP contribution in [0.4, 0.5) is 0 Å². The highest BCUT2D eigenvalue weighted by molar-refractivity contribution is 6.21. The fourth-order valence-corrected chi connectivity index (χ4v) is 7.41. The van der Waals surface area contributed by atoms with Crippen LogP contribution in [0.5, 0.6) is 0 Å². The number of halogens is 1. The molecule has 0 bridgehead atoms. The summed E-state index contributed by atoms with van der Waals surface area (Å²) in [4.78, 5) is 18.8. The van der Waals surface area contributed by atoms with Gasteiger partial charge in [-0.3, -0.25) is 19.9 Å². The molecule has 192 valence electrons. The van der Waals surface area contributed by atoms with Crippen LogP contribution < -0.4 is 27.1 Å². The van der Waals surface area contributed by atoms with Gasteiger partial charge in [0.05, 0.1) is 42.9 Å². The molecule has 1 amide bonds. The lowest BCUT2D eigenvalue weighted by Crippen LogP contribution is -2.64. The van der Waals surface area contributed by atoms with Crippen molar-refractivity contribution in [1.29, 1.82) is 0 Å². The van der Waals surface area contributed by atoms with Gasteiger partial charge in [0.2, 0.25) is 5.91 Å². The Morgan fingerprint density at radius 1 is 1.12 bits per heavy atom. The zero-order valence-electron chi connectivity index (χ0n) is 20.1. The lowest BCUT2D eigenvalue weighted by Gasteiger charge is -2.46. The normalized spacial score (nSPS) is 41.9. The summed E-state index contributed by atoms with van der Waals surface area (Å²) < 4.78 is 5.51. The van der Waals surface area contributed by atoms with E-state index in [1.54, 1.807) is 0 Å². The lowest BCUT2D eigenvalue weighted by atomic mass is 9.85. The largest absolute Gasteiger partial charge is 0.380 e. The Bertz CT molecular complexity index is 748. The Morgan fingerprint density at radius 3 is 2.68 bits per heavy atom. The third kappa shape index (κ3) is 4.50. The van der Waals surface area contributed by atoms with E-state index >= 15 is 0 Å². The number of hydrazine groups is 1. The van der Waals surface area contributed by atoms with Gasteiger partial charge >= 0.3 is 0 Å². The first-order valence-corrected chi connectivity index (χ1v) is 13.7. The molecule has 11 heteroatoms. The maximum absolute atomic E-state index is 13.4. The number of fused-ring (bicyclic) bond motifs is 1. The van der Waals surface area contributed by atoms with Crippen molar-refractivity contribution in [3.8, 4) is 0 Å². The number of amides is 1. The van der Waals surface area contributed by atoms with Gasteiger partial charge in [-0.2, -0.15) is 0 Å². The molecule has 0 aliphatic carbocycles. The molecule has 6 unspecified atom stereocenters. The Morgan fingerprint density at radius 2 is 1.94 bits per heavy atom. The number of ether oxygens (including phenoxy) is 1. The molecule has 6 rings (SSSR count). The van der Waals surface area contributed by atoms with Gasteiger partial charge in [-0.25, -0.2) is 10.4 Å². The molecule has 6 saturated heterocycles. The standard InChI is InChI=1S/C23H41ClN8O2/c24-15-9-27-21-19(20(25)29-32(21)11-15)22(33)28-17-10-26-5-1-18(17)30-6-2-16(3-7-30)31-8-4-23(12-31)13-34-14-23/h15-21,26-27,29H,1-14,25H2,(H,28,33). The smallest absolute Gasteiger partial charge is 0.229 e. The van der Waals surface area contributed by atoms with Crippen LogP contribution in [0.25, 0.3) is 0 Å². The van der Waals surface area contributed by atoms with Crippen LogP contribution in [0.1, 0.15) is 25.7 Å². The molecule has 6 atom stereocenters. The monoisotopic (exact) mass is 496 g/mol. The first-order chi connectivity index (χ1) is 16.5. The van der Waals surface area contributed by atoms with E-state index < -0.39 is 6.17 Å². The summed E-state index contributed by atoms with van der Waals surface area (Å²) in [5.74, 6) is -0.304. The molecule has 0 saturated carbocycles. The molecule has 34 heavy (non-hydrogen) atoms. The number of rotatable bonds is 4. The summed E-state index contributed by atoms with van der Waals surface area (Å²) in [6.45, 7) is 9.78. The van der Waals surface area contributed by atoms with E-state index in [2.05, 4.69) is 31.2 Å². The van der Waals surface area contributed by atoms with E-state index in [4.69, 9.17) is 22.1 Å². The molecule has 6 aliphatic rings. The van der Waals surface area contributed by atoms with Crippen molar-refractivity contribution in [3.05, 3.63) is 0 Å².